The molecule has 0 aromatic rings. The van der Waals surface area contributed by atoms with Crippen LogP contribution in [0, 0.1) is 5.92 Å². The molecule has 1 aliphatic rings. The number of hydrogen-bond acceptors (Lipinski definition) is 3. The summed E-state index contributed by atoms with van der Waals surface area (Å²) in [5.74, 6) is -1.37. The molecule has 0 amide bonds. The van der Waals surface area contributed by atoms with Gasteiger partial charge in [0.05, 0.1) is 5.92 Å². The maximum Gasteiger partial charge on any atom is 0.438 e. The molecule has 1 rings (SSSR count). The summed E-state index contributed by atoms with van der Waals surface area (Å²) >= 11 is 4.92. The fraction of sp³-hybridized carbons (Fsp3) is 1.00. The Morgan fingerprint density at radius 1 is 1.40 bits per heavy atom. The molecule has 1 aliphatic heterocycles. The Hall–Kier alpha value is 0.190. The van der Waals surface area contributed by atoms with Crippen molar-refractivity contribution in [2.75, 3.05) is 13.1 Å². The van der Waals surface area contributed by atoms with Crippen molar-refractivity contribution in [3.05, 3.63) is 0 Å². The van der Waals surface area contributed by atoms with Crippen LogP contribution in [0.15, 0.2) is 0 Å². The second kappa shape index (κ2) is 4.59. The van der Waals surface area contributed by atoms with Gasteiger partial charge in [-0.15, -0.1) is 0 Å². The average molecular weight is 268 g/mol. The molecule has 0 aliphatic carbocycles. The van der Waals surface area contributed by atoms with Gasteiger partial charge in [-0.1, -0.05) is 0 Å². The van der Waals surface area contributed by atoms with Crippen LogP contribution >= 0.6 is 18.2 Å². The lowest BCUT2D eigenvalue weighted by molar-refractivity contribution is -0.199. The average Bonchev–Trinajstić information content (AvgIpc) is 2.00. The monoisotopic (exact) mass is 267 g/mol. The molecular formula is C6H10ClF3NO3P. The summed E-state index contributed by atoms with van der Waals surface area (Å²) in [4.78, 5) is 8.63. The minimum atomic E-state index is -4.21. The molecule has 9 heteroatoms. The van der Waals surface area contributed by atoms with Gasteiger partial charge in [0.25, 0.3) is 0 Å². The van der Waals surface area contributed by atoms with Crippen molar-refractivity contribution >= 4 is 18.2 Å². The van der Waals surface area contributed by atoms with Crippen LogP contribution in [0.1, 0.15) is 12.8 Å². The van der Waals surface area contributed by atoms with Gasteiger partial charge in [0, 0.05) is 24.3 Å². The van der Waals surface area contributed by atoms with E-state index >= 15 is 0 Å². The van der Waals surface area contributed by atoms with Crippen LogP contribution in [0.2, 0.25) is 0 Å². The molecule has 1 N–H and O–H groups in total. The Morgan fingerprint density at radius 3 is 2.20 bits per heavy atom. The van der Waals surface area contributed by atoms with Gasteiger partial charge in [0.2, 0.25) is 0 Å². The minimum Gasteiger partial charge on any atom is -0.312 e. The molecule has 4 nitrogen and oxygen atoms in total. The number of alkyl halides is 3. The van der Waals surface area contributed by atoms with E-state index in [0.29, 0.717) is 0 Å². The Balaban J connectivity index is 2.40. The van der Waals surface area contributed by atoms with Crippen LogP contribution in [-0.4, -0.2) is 29.2 Å². The fourth-order valence-corrected chi connectivity index (χ4v) is 2.12. The van der Waals surface area contributed by atoms with Gasteiger partial charge in [-0.2, -0.15) is 18.2 Å². The molecule has 1 unspecified atom stereocenters. The summed E-state index contributed by atoms with van der Waals surface area (Å²) in [7, 11) is 0. The first kappa shape index (κ1) is 13.3. The second-order valence-corrected chi connectivity index (χ2v) is 5.63. The van der Waals surface area contributed by atoms with Gasteiger partial charge < -0.3 is 4.89 Å². The topological polar surface area (TPSA) is 49.8 Å². The maximum absolute atomic E-state index is 12.2. The predicted molar refractivity (Wildman–Crippen MR) is 47.1 cm³/mol. The minimum absolute atomic E-state index is 0.0541. The zero-order valence-corrected chi connectivity index (χ0v) is 9.23. The van der Waals surface area contributed by atoms with Crippen LogP contribution in [-0.2, 0) is 9.19 Å². The highest BCUT2D eigenvalue weighted by molar-refractivity contribution is 7.80. The Bertz CT molecular complexity index is 261. The standard InChI is InChI=1S/C6H10ClF3NO3P/c7-15(12,13)14-11-3-1-5(2-4-11)6(8,9)10/h5H,1-4H2,(H,12,13). The number of piperidine rings is 1. The SMILES string of the molecule is O=P(O)(Cl)ON1CCC(C(F)(F)F)CC1. The van der Waals surface area contributed by atoms with Gasteiger partial charge in [-0.05, 0) is 12.8 Å². The summed E-state index contributed by atoms with van der Waals surface area (Å²) in [5, 5.41) is 0.996. The van der Waals surface area contributed by atoms with Crippen molar-refractivity contribution < 1.29 is 27.3 Å². The molecule has 0 spiro atoms. The molecule has 1 fully saturated rings. The fourth-order valence-electron chi connectivity index (χ4n) is 1.41. The van der Waals surface area contributed by atoms with E-state index in [-0.39, 0.29) is 25.9 Å². The first-order valence-corrected chi connectivity index (χ1v) is 6.70. The van der Waals surface area contributed by atoms with Gasteiger partial charge in [0.1, 0.15) is 0 Å². The number of hydroxylamine groups is 2. The van der Waals surface area contributed by atoms with Crippen LogP contribution in [0.25, 0.3) is 0 Å². The number of nitrogens with zero attached hydrogens (tertiary/aromatic N) is 1. The van der Waals surface area contributed by atoms with E-state index in [2.05, 4.69) is 4.62 Å². The third-order valence-corrected chi connectivity index (χ3v) is 2.75. The molecule has 0 aromatic heterocycles. The van der Waals surface area contributed by atoms with Crippen LogP contribution in [0.5, 0.6) is 0 Å². The van der Waals surface area contributed by atoms with E-state index in [1.807, 2.05) is 0 Å². The normalized spacial score (nSPS) is 25.1. The van der Waals surface area contributed by atoms with Crippen LogP contribution in [0.3, 0.4) is 0 Å². The van der Waals surface area contributed by atoms with Gasteiger partial charge in [0.15, 0.2) is 0 Å². The first-order chi connectivity index (χ1) is 6.68. The van der Waals surface area contributed by atoms with E-state index in [9.17, 15) is 17.7 Å². The summed E-state index contributed by atoms with van der Waals surface area (Å²) in [5.41, 5.74) is 0. The molecule has 1 saturated heterocycles. The number of rotatable bonds is 2. The van der Waals surface area contributed by atoms with Crippen molar-refractivity contribution in [1.29, 1.82) is 0 Å². The molecule has 0 radical (unpaired) electrons. The summed E-state index contributed by atoms with van der Waals surface area (Å²) < 4.78 is 51.6. The van der Waals surface area contributed by atoms with E-state index in [4.69, 9.17) is 16.1 Å². The zero-order valence-electron chi connectivity index (χ0n) is 7.58. The number of hydrogen-bond donors (Lipinski definition) is 1. The van der Waals surface area contributed by atoms with E-state index in [1.165, 1.54) is 0 Å². The largest absolute Gasteiger partial charge is 0.438 e. The smallest absolute Gasteiger partial charge is 0.312 e. The van der Waals surface area contributed by atoms with E-state index in [1.54, 1.807) is 0 Å². The summed E-state index contributed by atoms with van der Waals surface area (Å²) in [6.45, 7) is -4.29. The van der Waals surface area contributed by atoms with E-state index in [0.717, 1.165) is 5.06 Å². The summed E-state index contributed by atoms with van der Waals surface area (Å²) in [6.07, 6.45) is -4.52. The van der Waals surface area contributed by atoms with Gasteiger partial charge in [-0.3, -0.25) is 0 Å². The molecule has 0 bridgehead atoms. The van der Waals surface area contributed by atoms with Crippen molar-refractivity contribution in [2.45, 2.75) is 19.0 Å². The van der Waals surface area contributed by atoms with Gasteiger partial charge >= 0.3 is 13.1 Å². The highest BCUT2D eigenvalue weighted by Gasteiger charge is 2.41. The lowest BCUT2D eigenvalue weighted by Gasteiger charge is -2.31. The third-order valence-electron chi connectivity index (χ3n) is 2.13. The quantitative estimate of drug-likeness (QED) is 0.781. The van der Waals surface area contributed by atoms with Gasteiger partial charge in [-0.25, -0.2) is 9.19 Å². The maximum atomic E-state index is 12.2. The molecule has 90 valence electrons. The Labute approximate surface area is 89.2 Å². The predicted octanol–water partition coefficient (Wildman–Crippen LogP) is 2.53. The highest BCUT2D eigenvalue weighted by atomic mass is 35.7. The molecule has 15 heavy (non-hydrogen) atoms. The molecule has 0 saturated carbocycles. The summed E-state index contributed by atoms with van der Waals surface area (Å²) in [6, 6.07) is 0. The van der Waals surface area contributed by atoms with Crippen LogP contribution < -0.4 is 0 Å². The van der Waals surface area contributed by atoms with Crippen LogP contribution in [0.4, 0.5) is 13.2 Å². The first-order valence-electron chi connectivity index (χ1n) is 4.22. The lowest BCUT2D eigenvalue weighted by Crippen LogP contribution is -2.38. The zero-order chi connectivity index (χ0) is 11.7. The second-order valence-electron chi connectivity index (χ2n) is 3.28. The van der Waals surface area contributed by atoms with Crippen molar-refractivity contribution in [3.63, 3.8) is 0 Å². The highest BCUT2D eigenvalue weighted by Crippen LogP contribution is 2.49. The molecular weight excluding hydrogens is 257 g/mol. The molecule has 0 aromatic carbocycles. The van der Waals surface area contributed by atoms with E-state index < -0.39 is 19.0 Å². The number of halogens is 4. The van der Waals surface area contributed by atoms with Crippen molar-refractivity contribution in [3.8, 4) is 0 Å². The Kier molecular flexibility index (Phi) is 4.06. The third kappa shape index (κ3) is 4.70. The Morgan fingerprint density at radius 2 is 1.87 bits per heavy atom. The molecule has 1 atom stereocenters. The van der Waals surface area contributed by atoms with Crippen molar-refractivity contribution in [2.24, 2.45) is 5.92 Å². The lowest BCUT2D eigenvalue weighted by atomic mass is 9.98. The molecule has 1 heterocycles. The van der Waals surface area contributed by atoms with Crippen molar-refractivity contribution in [1.82, 2.24) is 5.06 Å².